The molecule has 1 rings (SSSR count). The highest BCUT2D eigenvalue weighted by Gasteiger charge is 2.30. The Balaban J connectivity index is 2.79. The molecule has 19 heavy (non-hydrogen) atoms. The van der Waals surface area contributed by atoms with Crippen molar-refractivity contribution >= 4 is 0 Å². The zero-order valence-corrected chi connectivity index (χ0v) is 11.2. The first-order valence-corrected chi connectivity index (χ1v) is 6.35. The van der Waals surface area contributed by atoms with Crippen LogP contribution in [0.15, 0.2) is 24.3 Å². The lowest BCUT2D eigenvalue weighted by molar-refractivity contribution is -0.137. The van der Waals surface area contributed by atoms with E-state index in [1.54, 1.807) is 6.07 Å². The van der Waals surface area contributed by atoms with Crippen molar-refractivity contribution in [3.05, 3.63) is 35.4 Å². The van der Waals surface area contributed by atoms with E-state index in [0.717, 1.165) is 6.07 Å². The lowest BCUT2D eigenvalue weighted by Crippen LogP contribution is -2.31. The molecule has 0 aliphatic rings. The van der Waals surface area contributed by atoms with Gasteiger partial charge < -0.3 is 5.11 Å². The highest BCUT2D eigenvalue weighted by atomic mass is 19.4. The van der Waals surface area contributed by atoms with E-state index in [1.165, 1.54) is 12.1 Å². The van der Waals surface area contributed by atoms with Gasteiger partial charge >= 0.3 is 6.18 Å². The fourth-order valence-electron chi connectivity index (χ4n) is 1.87. The predicted molar refractivity (Wildman–Crippen MR) is 68.7 cm³/mol. The Morgan fingerprint density at radius 3 is 2.47 bits per heavy atom. The summed E-state index contributed by atoms with van der Waals surface area (Å²) < 4.78 is 37.9. The van der Waals surface area contributed by atoms with Gasteiger partial charge in [0.1, 0.15) is 0 Å². The molecule has 1 aromatic rings. The van der Waals surface area contributed by atoms with E-state index < -0.39 is 11.7 Å². The Kier molecular flexibility index (Phi) is 5.82. The van der Waals surface area contributed by atoms with E-state index in [2.05, 4.69) is 0 Å². The molecule has 0 aliphatic heterocycles. The molecule has 0 saturated carbocycles. The summed E-state index contributed by atoms with van der Waals surface area (Å²) in [4.78, 5) is 2.05. The molecule has 0 amide bonds. The van der Waals surface area contributed by atoms with Gasteiger partial charge in [-0.05, 0) is 31.9 Å². The molecule has 1 aromatic carbocycles. The molecule has 0 radical (unpaired) electrons. The molecule has 0 aromatic heterocycles. The number of hydrogen-bond acceptors (Lipinski definition) is 2. The smallest absolute Gasteiger partial charge is 0.396 e. The van der Waals surface area contributed by atoms with Gasteiger partial charge in [-0.1, -0.05) is 18.2 Å². The maximum atomic E-state index is 12.6. The average Bonchev–Trinajstić information content (AvgIpc) is 2.33. The van der Waals surface area contributed by atoms with Gasteiger partial charge in [0.2, 0.25) is 0 Å². The van der Waals surface area contributed by atoms with Gasteiger partial charge in [-0.15, -0.1) is 0 Å². The highest BCUT2D eigenvalue weighted by Crippen LogP contribution is 2.29. The summed E-state index contributed by atoms with van der Waals surface area (Å²) in [6, 6.07) is 5.62. The van der Waals surface area contributed by atoms with Crippen molar-refractivity contribution < 1.29 is 18.3 Å². The Hall–Kier alpha value is -1.07. The second kappa shape index (κ2) is 6.91. The SMILES string of the molecule is CC(C)N(CCCO)Cc1cccc(C(F)(F)F)c1. The van der Waals surface area contributed by atoms with Crippen LogP contribution in [0.4, 0.5) is 13.2 Å². The first-order valence-electron chi connectivity index (χ1n) is 6.35. The van der Waals surface area contributed by atoms with Crippen molar-refractivity contribution in [3.63, 3.8) is 0 Å². The van der Waals surface area contributed by atoms with Gasteiger partial charge in [-0.2, -0.15) is 13.2 Å². The number of alkyl halides is 3. The number of aliphatic hydroxyl groups excluding tert-OH is 1. The summed E-state index contributed by atoms with van der Waals surface area (Å²) >= 11 is 0. The van der Waals surface area contributed by atoms with Gasteiger partial charge in [-0.25, -0.2) is 0 Å². The van der Waals surface area contributed by atoms with E-state index in [4.69, 9.17) is 5.11 Å². The third-order valence-corrected chi connectivity index (χ3v) is 2.97. The Labute approximate surface area is 111 Å². The van der Waals surface area contributed by atoms with Gasteiger partial charge in [0.25, 0.3) is 0 Å². The van der Waals surface area contributed by atoms with Crippen LogP contribution >= 0.6 is 0 Å². The normalized spacial score (nSPS) is 12.4. The van der Waals surface area contributed by atoms with Crippen molar-refractivity contribution in [2.24, 2.45) is 0 Å². The summed E-state index contributed by atoms with van der Waals surface area (Å²) in [7, 11) is 0. The number of nitrogens with zero attached hydrogens (tertiary/aromatic N) is 1. The van der Waals surface area contributed by atoms with E-state index in [0.29, 0.717) is 25.1 Å². The number of rotatable bonds is 6. The van der Waals surface area contributed by atoms with E-state index >= 15 is 0 Å². The minimum Gasteiger partial charge on any atom is -0.396 e. The van der Waals surface area contributed by atoms with Crippen molar-refractivity contribution in [3.8, 4) is 0 Å². The van der Waals surface area contributed by atoms with E-state index in [-0.39, 0.29) is 12.6 Å². The van der Waals surface area contributed by atoms with Crippen LogP contribution in [0.1, 0.15) is 31.4 Å². The second-order valence-corrected chi connectivity index (χ2v) is 4.84. The third kappa shape index (κ3) is 5.20. The summed E-state index contributed by atoms with van der Waals surface area (Å²) in [5, 5.41) is 8.84. The van der Waals surface area contributed by atoms with Crippen LogP contribution in [-0.2, 0) is 12.7 Å². The maximum absolute atomic E-state index is 12.6. The van der Waals surface area contributed by atoms with Gasteiger partial charge in [0.05, 0.1) is 5.56 Å². The maximum Gasteiger partial charge on any atom is 0.416 e. The zero-order valence-electron chi connectivity index (χ0n) is 11.2. The molecule has 0 heterocycles. The van der Waals surface area contributed by atoms with Gasteiger partial charge in [-0.3, -0.25) is 4.90 Å². The molecule has 5 heteroatoms. The van der Waals surface area contributed by atoms with Crippen LogP contribution in [0.25, 0.3) is 0 Å². The third-order valence-electron chi connectivity index (χ3n) is 2.97. The molecule has 108 valence electrons. The second-order valence-electron chi connectivity index (χ2n) is 4.84. The Bertz CT molecular complexity index is 391. The molecule has 0 bridgehead atoms. The van der Waals surface area contributed by atoms with Gasteiger partial charge in [0.15, 0.2) is 0 Å². The molecule has 0 unspecified atom stereocenters. The minimum atomic E-state index is -4.30. The Morgan fingerprint density at radius 2 is 1.95 bits per heavy atom. The molecule has 0 fully saturated rings. The van der Waals surface area contributed by atoms with E-state index in [1.807, 2.05) is 18.7 Å². The summed E-state index contributed by atoms with van der Waals surface area (Å²) in [6.45, 7) is 5.20. The predicted octanol–water partition coefficient (Wildman–Crippen LogP) is 3.30. The topological polar surface area (TPSA) is 23.5 Å². The molecule has 0 saturated heterocycles. The number of halogens is 3. The lowest BCUT2D eigenvalue weighted by atomic mass is 10.1. The highest BCUT2D eigenvalue weighted by molar-refractivity contribution is 5.25. The fraction of sp³-hybridized carbons (Fsp3) is 0.571. The van der Waals surface area contributed by atoms with Crippen LogP contribution in [0.3, 0.4) is 0 Å². The molecule has 2 nitrogen and oxygen atoms in total. The van der Waals surface area contributed by atoms with Crippen LogP contribution in [0, 0.1) is 0 Å². The number of benzene rings is 1. The largest absolute Gasteiger partial charge is 0.416 e. The molecule has 0 atom stereocenters. The number of hydrogen-bond donors (Lipinski definition) is 1. The van der Waals surface area contributed by atoms with Crippen molar-refractivity contribution in [1.29, 1.82) is 0 Å². The molecular formula is C14H20F3NO. The van der Waals surface area contributed by atoms with Crippen LogP contribution in [-0.4, -0.2) is 29.2 Å². The lowest BCUT2D eigenvalue weighted by Gasteiger charge is -2.26. The molecule has 1 N–H and O–H groups in total. The monoisotopic (exact) mass is 275 g/mol. The van der Waals surface area contributed by atoms with Crippen LogP contribution in [0.2, 0.25) is 0 Å². The molecule has 0 aliphatic carbocycles. The van der Waals surface area contributed by atoms with Crippen LogP contribution < -0.4 is 0 Å². The fourth-order valence-corrected chi connectivity index (χ4v) is 1.87. The van der Waals surface area contributed by atoms with Crippen LogP contribution in [0.5, 0.6) is 0 Å². The standard InChI is InChI=1S/C14H20F3NO/c1-11(2)18(7-4-8-19)10-12-5-3-6-13(9-12)14(15,16)17/h3,5-6,9,11,19H,4,7-8,10H2,1-2H3. The quantitative estimate of drug-likeness (QED) is 0.861. The van der Waals surface area contributed by atoms with E-state index in [9.17, 15) is 13.2 Å². The first-order chi connectivity index (χ1) is 8.84. The van der Waals surface area contributed by atoms with Crippen molar-refractivity contribution in [2.75, 3.05) is 13.2 Å². The van der Waals surface area contributed by atoms with Crippen molar-refractivity contribution in [2.45, 2.75) is 39.0 Å². The summed E-state index contributed by atoms with van der Waals surface area (Å²) in [5.74, 6) is 0. The first kappa shape index (κ1) is 16.0. The summed E-state index contributed by atoms with van der Waals surface area (Å²) in [5.41, 5.74) is 0.0253. The van der Waals surface area contributed by atoms with Crippen molar-refractivity contribution in [1.82, 2.24) is 4.90 Å². The summed E-state index contributed by atoms with van der Waals surface area (Å²) in [6.07, 6.45) is -3.68. The van der Waals surface area contributed by atoms with Gasteiger partial charge in [0, 0.05) is 25.7 Å². The average molecular weight is 275 g/mol. The molecule has 0 spiro atoms. The molecular weight excluding hydrogens is 255 g/mol. The zero-order chi connectivity index (χ0) is 14.5. The Morgan fingerprint density at radius 1 is 1.26 bits per heavy atom. The minimum absolute atomic E-state index is 0.0891. The number of aliphatic hydroxyl groups is 1.